The zero-order valence-corrected chi connectivity index (χ0v) is 11.4. The number of morpholine rings is 1. The van der Waals surface area contributed by atoms with Gasteiger partial charge in [0.25, 0.3) is 0 Å². The van der Waals surface area contributed by atoms with Crippen molar-refractivity contribution < 1.29 is 9.84 Å². The van der Waals surface area contributed by atoms with Gasteiger partial charge in [-0.2, -0.15) is 0 Å². The highest BCUT2D eigenvalue weighted by Crippen LogP contribution is 2.53. The van der Waals surface area contributed by atoms with E-state index in [-0.39, 0.29) is 11.5 Å². The maximum Gasteiger partial charge on any atom is 0.119 e. The van der Waals surface area contributed by atoms with Crippen LogP contribution >= 0.6 is 0 Å². The summed E-state index contributed by atoms with van der Waals surface area (Å²) in [5.74, 6) is 0.381. The summed E-state index contributed by atoms with van der Waals surface area (Å²) in [4.78, 5) is 2.31. The molecular weight excluding hydrogens is 240 g/mol. The number of ether oxygens (including phenoxy) is 1. The zero-order valence-electron chi connectivity index (χ0n) is 11.4. The molecule has 19 heavy (non-hydrogen) atoms. The Morgan fingerprint density at radius 3 is 2.58 bits per heavy atom. The number of rotatable bonds is 3. The summed E-state index contributed by atoms with van der Waals surface area (Å²) in [5.41, 5.74) is 8.30. The first-order chi connectivity index (χ1) is 9.13. The van der Waals surface area contributed by atoms with Crippen molar-refractivity contribution >= 4 is 5.69 Å². The van der Waals surface area contributed by atoms with Crippen molar-refractivity contribution in [2.24, 2.45) is 5.73 Å². The fourth-order valence-electron chi connectivity index (χ4n) is 3.05. The van der Waals surface area contributed by atoms with E-state index in [1.807, 2.05) is 19.1 Å². The van der Waals surface area contributed by atoms with E-state index >= 15 is 0 Å². The molecule has 4 heteroatoms. The number of hydrogen-bond acceptors (Lipinski definition) is 4. The molecule has 1 atom stereocenters. The normalized spacial score (nSPS) is 23.2. The third-order valence-corrected chi connectivity index (χ3v) is 4.55. The van der Waals surface area contributed by atoms with Crippen molar-refractivity contribution in [3.63, 3.8) is 0 Å². The van der Waals surface area contributed by atoms with Gasteiger partial charge in [0, 0.05) is 35.8 Å². The van der Waals surface area contributed by atoms with Crippen molar-refractivity contribution in [3.8, 4) is 5.75 Å². The van der Waals surface area contributed by atoms with E-state index in [0.717, 1.165) is 44.7 Å². The maximum atomic E-state index is 10.2. The molecule has 0 spiro atoms. The van der Waals surface area contributed by atoms with Crippen LogP contribution in [0.5, 0.6) is 5.75 Å². The molecule has 0 aromatic heterocycles. The van der Waals surface area contributed by atoms with Gasteiger partial charge in [-0.1, -0.05) is 0 Å². The SMILES string of the molecule is CC(N)C1(c2cc(N3CCOCC3)ccc2O)CC1. The number of hydrogen-bond donors (Lipinski definition) is 2. The van der Waals surface area contributed by atoms with Crippen molar-refractivity contribution in [1.29, 1.82) is 0 Å². The molecule has 1 aromatic rings. The number of aromatic hydroxyl groups is 1. The third kappa shape index (κ3) is 2.19. The first-order valence-corrected chi connectivity index (χ1v) is 7.05. The fraction of sp³-hybridized carbons (Fsp3) is 0.600. The van der Waals surface area contributed by atoms with Gasteiger partial charge in [0.2, 0.25) is 0 Å². The van der Waals surface area contributed by atoms with Crippen molar-refractivity contribution in [2.45, 2.75) is 31.2 Å². The minimum Gasteiger partial charge on any atom is -0.508 e. The zero-order chi connectivity index (χ0) is 13.5. The summed E-state index contributed by atoms with van der Waals surface area (Å²) in [6.07, 6.45) is 2.15. The summed E-state index contributed by atoms with van der Waals surface area (Å²) >= 11 is 0. The quantitative estimate of drug-likeness (QED) is 0.869. The molecule has 2 aliphatic rings. The van der Waals surface area contributed by atoms with Crippen LogP contribution in [0.15, 0.2) is 18.2 Å². The standard InChI is InChI=1S/C15H22N2O2/c1-11(16)15(4-5-15)13-10-12(2-3-14(13)18)17-6-8-19-9-7-17/h2-3,10-11,18H,4-9,16H2,1H3. The monoisotopic (exact) mass is 262 g/mol. The molecule has 2 fully saturated rings. The predicted octanol–water partition coefficient (Wildman–Crippen LogP) is 1.61. The van der Waals surface area contributed by atoms with Crippen LogP contribution in [0.3, 0.4) is 0 Å². The molecule has 1 heterocycles. The summed E-state index contributed by atoms with van der Waals surface area (Å²) in [7, 11) is 0. The Morgan fingerprint density at radius 1 is 1.32 bits per heavy atom. The summed E-state index contributed by atoms with van der Waals surface area (Å²) in [6.45, 7) is 5.40. The first kappa shape index (κ1) is 12.8. The van der Waals surface area contributed by atoms with E-state index in [1.54, 1.807) is 0 Å². The van der Waals surface area contributed by atoms with Gasteiger partial charge in [-0.05, 0) is 38.0 Å². The van der Waals surface area contributed by atoms with Gasteiger partial charge >= 0.3 is 0 Å². The van der Waals surface area contributed by atoms with Crippen molar-refractivity contribution in [3.05, 3.63) is 23.8 Å². The molecule has 104 valence electrons. The van der Waals surface area contributed by atoms with E-state index in [4.69, 9.17) is 10.5 Å². The van der Waals surface area contributed by atoms with Crippen LogP contribution in [0, 0.1) is 0 Å². The van der Waals surface area contributed by atoms with Gasteiger partial charge in [-0.15, -0.1) is 0 Å². The minimum absolute atomic E-state index is 0.00756. The highest BCUT2D eigenvalue weighted by atomic mass is 16.5. The Morgan fingerprint density at radius 2 is 2.00 bits per heavy atom. The highest BCUT2D eigenvalue weighted by Gasteiger charge is 2.49. The average Bonchev–Trinajstić information content (AvgIpc) is 3.22. The van der Waals surface area contributed by atoms with E-state index in [1.165, 1.54) is 5.69 Å². The Balaban J connectivity index is 1.92. The first-order valence-electron chi connectivity index (χ1n) is 7.05. The average molecular weight is 262 g/mol. The van der Waals surface area contributed by atoms with Gasteiger partial charge in [0.15, 0.2) is 0 Å². The highest BCUT2D eigenvalue weighted by molar-refractivity contribution is 5.57. The molecule has 1 aliphatic carbocycles. The molecule has 1 aliphatic heterocycles. The van der Waals surface area contributed by atoms with E-state index in [9.17, 15) is 5.11 Å². The number of phenolic OH excluding ortho intramolecular Hbond substituents is 1. The Bertz CT molecular complexity index is 463. The maximum absolute atomic E-state index is 10.2. The van der Waals surface area contributed by atoms with Gasteiger partial charge < -0.3 is 20.5 Å². The van der Waals surface area contributed by atoms with Gasteiger partial charge in [0.05, 0.1) is 13.2 Å². The van der Waals surface area contributed by atoms with Gasteiger partial charge in [-0.25, -0.2) is 0 Å². The number of nitrogens with zero attached hydrogens (tertiary/aromatic N) is 1. The number of phenols is 1. The van der Waals surface area contributed by atoms with Crippen LogP contribution in [0.2, 0.25) is 0 Å². The second-order valence-electron chi connectivity index (χ2n) is 5.75. The predicted molar refractivity (Wildman–Crippen MR) is 75.7 cm³/mol. The van der Waals surface area contributed by atoms with E-state index in [2.05, 4.69) is 11.0 Å². The number of benzene rings is 1. The van der Waals surface area contributed by atoms with Crippen LogP contribution in [0.1, 0.15) is 25.3 Å². The number of anilines is 1. The Hall–Kier alpha value is -1.26. The van der Waals surface area contributed by atoms with Crippen molar-refractivity contribution in [2.75, 3.05) is 31.2 Å². The van der Waals surface area contributed by atoms with Crippen LogP contribution in [-0.4, -0.2) is 37.5 Å². The molecule has 0 bridgehead atoms. The lowest BCUT2D eigenvalue weighted by molar-refractivity contribution is 0.122. The minimum atomic E-state index is -0.00756. The topological polar surface area (TPSA) is 58.7 Å². The summed E-state index contributed by atoms with van der Waals surface area (Å²) < 4.78 is 5.38. The van der Waals surface area contributed by atoms with E-state index < -0.39 is 0 Å². The van der Waals surface area contributed by atoms with Crippen molar-refractivity contribution in [1.82, 2.24) is 0 Å². The van der Waals surface area contributed by atoms with Gasteiger partial charge in [0.1, 0.15) is 5.75 Å². The van der Waals surface area contributed by atoms with Crippen LogP contribution in [0.4, 0.5) is 5.69 Å². The molecule has 1 aromatic carbocycles. The molecule has 1 saturated carbocycles. The van der Waals surface area contributed by atoms with Crippen LogP contribution in [-0.2, 0) is 10.2 Å². The lowest BCUT2D eigenvalue weighted by Crippen LogP contribution is -2.36. The van der Waals surface area contributed by atoms with Crippen LogP contribution < -0.4 is 10.6 Å². The second kappa shape index (κ2) is 4.69. The molecule has 1 saturated heterocycles. The molecule has 0 amide bonds. The molecule has 0 radical (unpaired) electrons. The third-order valence-electron chi connectivity index (χ3n) is 4.55. The number of nitrogens with two attached hydrogens (primary N) is 1. The molecular formula is C15H22N2O2. The molecule has 4 nitrogen and oxygen atoms in total. The largest absolute Gasteiger partial charge is 0.508 e. The van der Waals surface area contributed by atoms with Crippen LogP contribution in [0.25, 0.3) is 0 Å². The lowest BCUT2D eigenvalue weighted by atomic mass is 9.88. The van der Waals surface area contributed by atoms with Gasteiger partial charge in [-0.3, -0.25) is 0 Å². The fourth-order valence-corrected chi connectivity index (χ4v) is 3.05. The molecule has 1 unspecified atom stereocenters. The molecule has 3 N–H and O–H groups in total. The second-order valence-corrected chi connectivity index (χ2v) is 5.75. The molecule has 3 rings (SSSR count). The smallest absolute Gasteiger partial charge is 0.119 e. The Kier molecular flexibility index (Phi) is 3.15. The lowest BCUT2D eigenvalue weighted by Gasteiger charge is -2.30. The summed E-state index contributed by atoms with van der Waals surface area (Å²) in [6, 6.07) is 6.00. The summed E-state index contributed by atoms with van der Waals surface area (Å²) in [5, 5.41) is 10.2. The Labute approximate surface area is 114 Å². The van der Waals surface area contributed by atoms with E-state index in [0.29, 0.717) is 5.75 Å².